The zero-order valence-electron chi connectivity index (χ0n) is 5.53. The van der Waals surface area contributed by atoms with E-state index in [1.165, 1.54) is 11.5 Å². The maximum absolute atomic E-state index is 3.71. The van der Waals surface area contributed by atoms with Crippen molar-refractivity contribution >= 4 is 11.5 Å². The Kier molecular flexibility index (Phi) is 28.1. The number of nitrogens with zero attached hydrogens (tertiary/aromatic N) is 1. The van der Waals surface area contributed by atoms with E-state index in [2.05, 4.69) is 10.4 Å². The van der Waals surface area contributed by atoms with Crippen LogP contribution in [0.25, 0.3) is 6.15 Å². The van der Waals surface area contributed by atoms with E-state index in [0.29, 0.717) is 0 Å². The summed E-state index contributed by atoms with van der Waals surface area (Å²) in [6.45, 7) is 4.00. The summed E-state index contributed by atoms with van der Waals surface area (Å²) >= 11 is 1.41. The molecule has 9 heavy (non-hydrogen) atoms. The zero-order chi connectivity index (χ0) is 5.54. The SMILES string of the molecule is CC.[NH2-].[V+2].[c-]1cnsc1. The van der Waals surface area contributed by atoms with Crippen LogP contribution in [0, 0.1) is 6.07 Å². The molecule has 0 aromatic carbocycles. The third-order valence-corrected chi connectivity index (χ3v) is 0.777. The van der Waals surface area contributed by atoms with Crippen molar-refractivity contribution in [1.29, 1.82) is 0 Å². The van der Waals surface area contributed by atoms with Gasteiger partial charge in [0.2, 0.25) is 0 Å². The molecule has 4 heteroatoms. The van der Waals surface area contributed by atoms with Gasteiger partial charge in [-0.3, -0.25) is 0 Å². The number of nitrogens with two attached hydrogens (primary N) is 1. The molecule has 0 fully saturated rings. The van der Waals surface area contributed by atoms with E-state index in [4.69, 9.17) is 0 Å². The van der Waals surface area contributed by atoms with Gasteiger partial charge in [0.25, 0.3) is 0 Å². The Hall–Kier alpha value is 0.174. The van der Waals surface area contributed by atoms with Gasteiger partial charge in [-0.2, -0.15) is 5.38 Å². The van der Waals surface area contributed by atoms with Gasteiger partial charge in [-0.05, 0) is 0 Å². The molecule has 1 aromatic heterocycles. The minimum atomic E-state index is 0. The van der Waals surface area contributed by atoms with Gasteiger partial charge in [-0.1, -0.05) is 25.4 Å². The summed E-state index contributed by atoms with van der Waals surface area (Å²) in [6.07, 6.45) is 1.64. The topological polar surface area (TPSA) is 46.4 Å². The van der Waals surface area contributed by atoms with Crippen LogP contribution in [0.5, 0.6) is 0 Å². The van der Waals surface area contributed by atoms with Gasteiger partial charge in [0.15, 0.2) is 0 Å². The summed E-state index contributed by atoms with van der Waals surface area (Å²) in [6, 6.07) is 2.77. The molecule has 51 valence electrons. The molecule has 0 atom stereocenters. The van der Waals surface area contributed by atoms with Crippen LogP contribution in [-0.2, 0) is 18.6 Å². The van der Waals surface area contributed by atoms with Crippen LogP contribution in [0.1, 0.15) is 13.8 Å². The zero-order valence-corrected chi connectivity index (χ0v) is 7.75. The van der Waals surface area contributed by atoms with Crippen molar-refractivity contribution in [2.45, 2.75) is 13.8 Å². The molecule has 0 bridgehead atoms. The number of hydrogen-bond donors (Lipinski definition) is 0. The monoisotopic (exact) mass is 181 g/mol. The molecule has 1 rings (SSSR count). The quantitative estimate of drug-likeness (QED) is 0.567. The fourth-order valence-electron chi connectivity index (χ4n) is 0.152. The van der Waals surface area contributed by atoms with Crippen LogP contribution in [0.4, 0.5) is 0 Å². The van der Waals surface area contributed by atoms with Gasteiger partial charge in [-0.15, -0.1) is 6.20 Å². The Morgan fingerprint density at radius 3 is 2.11 bits per heavy atom. The summed E-state index contributed by atoms with van der Waals surface area (Å²) in [5.41, 5.74) is 0. The number of aromatic nitrogens is 1. The summed E-state index contributed by atoms with van der Waals surface area (Å²) in [7, 11) is 0. The van der Waals surface area contributed by atoms with Crippen LogP contribution < -0.4 is 0 Å². The van der Waals surface area contributed by atoms with Crippen LogP contribution >= 0.6 is 11.5 Å². The second-order valence-corrected chi connectivity index (χ2v) is 1.28. The van der Waals surface area contributed by atoms with E-state index >= 15 is 0 Å². The van der Waals surface area contributed by atoms with Crippen molar-refractivity contribution in [3.63, 3.8) is 0 Å². The van der Waals surface area contributed by atoms with Crippen LogP contribution in [0.15, 0.2) is 11.6 Å². The molecule has 0 unspecified atom stereocenters. The first-order valence-corrected chi connectivity index (χ1v) is 3.09. The molecular weight excluding hydrogens is 171 g/mol. The van der Waals surface area contributed by atoms with Gasteiger partial charge < -0.3 is 12.2 Å². The van der Waals surface area contributed by atoms with Gasteiger partial charge in [0, 0.05) is 0 Å². The van der Waals surface area contributed by atoms with Gasteiger partial charge in [0.1, 0.15) is 0 Å². The Balaban J connectivity index is -0.0000000836. The van der Waals surface area contributed by atoms with Crippen LogP contribution in [-0.4, -0.2) is 4.37 Å². The fourth-order valence-corrected chi connectivity index (χ4v) is 0.456. The maximum atomic E-state index is 3.71. The normalized spacial score (nSPS) is 5.11. The molecule has 0 aliphatic rings. The molecule has 1 heterocycles. The van der Waals surface area contributed by atoms with Crippen molar-refractivity contribution in [3.8, 4) is 0 Å². The van der Waals surface area contributed by atoms with Crippen molar-refractivity contribution in [3.05, 3.63) is 23.8 Å². The molecule has 2 N–H and O–H groups in total. The Labute approximate surface area is 72.3 Å². The molecule has 0 saturated heterocycles. The van der Waals surface area contributed by atoms with Crippen molar-refractivity contribution in [2.75, 3.05) is 0 Å². The van der Waals surface area contributed by atoms with E-state index in [1.807, 2.05) is 13.8 Å². The van der Waals surface area contributed by atoms with Crippen molar-refractivity contribution < 1.29 is 18.6 Å². The summed E-state index contributed by atoms with van der Waals surface area (Å²) in [5.74, 6) is 0. The van der Waals surface area contributed by atoms with Crippen molar-refractivity contribution in [1.82, 2.24) is 4.37 Å². The minimum absolute atomic E-state index is 0. The van der Waals surface area contributed by atoms with Crippen LogP contribution in [0.2, 0.25) is 0 Å². The molecule has 0 saturated carbocycles. The molecule has 2 nitrogen and oxygen atoms in total. The predicted molar refractivity (Wildman–Crippen MR) is 37.6 cm³/mol. The molecule has 1 radical (unpaired) electrons. The van der Waals surface area contributed by atoms with E-state index in [-0.39, 0.29) is 24.7 Å². The molecule has 0 aliphatic heterocycles. The Bertz CT molecular complexity index is 71.4. The van der Waals surface area contributed by atoms with Crippen molar-refractivity contribution in [2.24, 2.45) is 0 Å². The summed E-state index contributed by atoms with van der Waals surface area (Å²) in [4.78, 5) is 0. The average Bonchev–Trinajstić information content (AvgIpc) is 2.23. The molecule has 0 aliphatic carbocycles. The third-order valence-electron chi connectivity index (χ3n) is 0.309. The second-order valence-electron chi connectivity index (χ2n) is 0.624. The molecule has 0 amide bonds. The summed E-state index contributed by atoms with van der Waals surface area (Å²) < 4.78 is 3.71. The van der Waals surface area contributed by atoms with Crippen LogP contribution in [0.3, 0.4) is 0 Å². The van der Waals surface area contributed by atoms with E-state index < -0.39 is 0 Å². The van der Waals surface area contributed by atoms with E-state index in [1.54, 1.807) is 11.6 Å². The van der Waals surface area contributed by atoms with Gasteiger partial charge in [-0.25, -0.2) is 4.37 Å². The standard InChI is InChI=1S/C3H2NS.C2H6.H2N.V/c1-2-4-5-3-1;1-2;;/h2-3H;1-2H3;1H2;/q-1;;-1;+2. The molecular formula is C5H10N2SV. The van der Waals surface area contributed by atoms with E-state index in [0.717, 1.165) is 0 Å². The first-order valence-electron chi connectivity index (χ1n) is 2.25. The number of hydrogen-bond acceptors (Lipinski definition) is 2. The molecule has 0 spiro atoms. The number of rotatable bonds is 0. The second kappa shape index (κ2) is 15.7. The first kappa shape index (κ1) is 16.1. The largest absolute Gasteiger partial charge is 2.00 e. The third kappa shape index (κ3) is 11.6. The summed E-state index contributed by atoms with van der Waals surface area (Å²) in [5, 5.41) is 1.81. The van der Waals surface area contributed by atoms with Gasteiger partial charge >= 0.3 is 18.6 Å². The Morgan fingerprint density at radius 1 is 1.44 bits per heavy atom. The average molecular weight is 181 g/mol. The van der Waals surface area contributed by atoms with E-state index in [9.17, 15) is 0 Å². The smallest absolute Gasteiger partial charge is 0.693 e. The maximum Gasteiger partial charge on any atom is 2.00 e. The molecule has 1 aromatic rings. The first-order chi connectivity index (χ1) is 3.50. The fraction of sp³-hybridized carbons (Fsp3) is 0.400. The minimum Gasteiger partial charge on any atom is -0.693 e. The Morgan fingerprint density at radius 2 is 2.00 bits per heavy atom. The predicted octanol–water partition coefficient (Wildman–Crippen LogP) is 2.68. The van der Waals surface area contributed by atoms with Gasteiger partial charge in [0.05, 0.1) is 0 Å².